The summed E-state index contributed by atoms with van der Waals surface area (Å²) in [6, 6.07) is 3.19. The van der Waals surface area contributed by atoms with Gasteiger partial charge in [0.2, 0.25) is 5.91 Å². The van der Waals surface area contributed by atoms with Gasteiger partial charge in [-0.3, -0.25) is 9.59 Å². The largest absolute Gasteiger partial charge is 0.353 e. The molecule has 1 saturated carbocycles. The molecule has 0 bridgehead atoms. The van der Waals surface area contributed by atoms with E-state index < -0.39 is 28.6 Å². The van der Waals surface area contributed by atoms with Crippen molar-refractivity contribution in [1.82, 2.24) is 10.6 Å². The first-order chi connectivity index (χ1) is 9.44. The van der Waals surface area contributed by atoms with Gasteiger partial charge in [0, 0.05) is 13.1 Å². The monoisotopic (exact) mass is 319 g/mol. The van der Waals surface area contributed by atoms with Crippen molar-refractivity contribution in [3.05, 3.63) is 35.4 Å². The number of amides is 2. The van der Waals surface area contributed by atoms with E-state index in [2.05, 4.69) is 10.6 Å². The Kier molecular flexibility index (Phi) is 5.62. The Bertz CT molecular complexity index is 530. The summed E-state index contributed by atoms with van der Waals surface area (Å²) in [5, 5.41) is 4.89. The van der Waals surface area contributed by atoms with E-state index >= 15 is 0 Å². The molecule has 21 heavy (non-hydrogen) atoms. The molecule has 0 saturated heterocycles. The predicted octanol–water partition coefficient (Wildman–Crippen LogP) is 0.724. The molecule has 8 heteroatoms. The number of nitrogens with one attached hydrogen (secondary N) is 2. The smallest absolute Gasteiger partial charge is 0.257 e. The van der Waals surface area contributed by atoms with Crippen molar-refractivity contribution in [1.29, 1.82) is 0 Å². The maximum absolute atomic E-state index is 13.3. The molecule has 0 unspecified atom stereocenters. The van der Waals surface area contributed by atoms with Crippen molar-refractivity contribution in [2.24, 2.45) is 5.73 Å². The number of carbonyl (C=O) groups is 2. The minimum absolute atomic E-state index is 0. The fourth-order valence-electron chi connectivity index (χ4n) is 1.69. The van der Waals surface area contributed by atoms with E-state index in [0.717, 1.165) is 12.1 Å². The van der Waals surface area contributed by atoms with Gasteiger partial charge in [-0.05, 0) is 25.0 Å². The minimum Gasteiger partial charge on any atom is -0.353 e. The Morgan fingerprint density at radius 3 is 2.19 bits per heavy atom. The molecule has 5 nitrogen and oxygen atoms in total. The molecule has 0 aliphatic heterocycles. The molecular weight excluding hydrogens is 304 g/mol. The third-order valence-corrected chi connectivity index (χ3v) is 3.13. The van der Waals surface area contributed by atoms with Gasteiger partial charge in [-0.15, -0.1) is 12.4 Å². The van der Waals surface area contributed by atoms with Gasteiger partial charge in [-0.1, -0.05) is 6.07 Å². The SMILES string of the molecule is Cl.NC1(C(=O)NCCNC(=O)c2c(F)cccc2F)CC1. The summed E-state index contributed by atoms with van der Waals surface area (Å²) in [4.78, 5) is 23.1. The molecule has 4 N–H and O–H groups in total. The average Bonchev–Trinajstić information content (AvgIpc) is 3.13. The van der Waals surface area contributed by atoms with E-state index in [9.17, 15) is 18.4 Å². The summed E-state index contributed by atoms with van der Waals surface area (Å²) in [6.45, 7) is 0.216. The summed E-state index contributed by atoms with van der Waals surface area (Å²) < 4.78 is 26.6. The number of halogens is 3. The zero-order valence-corrected chi connectivity index (χ0v) is 11.9. The summed E-state index contributed by atoms with van der Waals surface area (Å²) in [6.07, 6.45) is 1.29. The molecule has 0 spiro atoms. The van der Waals surface area contributed by atoms with Crippen LogP contribution in [0.1, 0.15) is 23.2 Å². The van der Waals surface area contributed by atoms with E-state index in [-0.39, 0.29) is 31.4 Å². The molecule has 2 rings (SSSR count). The summed E-state index contributed by atoms with van der Waals surface area (Å²) >= 11 is 0. The van der Waals surface area contributed by atoms with E-state index in [1.807, 2.05) is 0 Å². The van der Waals surface area contributed by atoms with Crippen LogP contribution < -0.4 is 16.4 Å². The average molecular weight is 320 g/mol. The lowest BCUT2D eigenvalue weighted by molar-refractivity contribution is -0.123. The van der Waals surface area contributed by atoms with Gasteiger partial charge in [0.15, 0.2) is 0 Å². The molecule has 1 aromatic carbocycles. The Hall–Kier alpha value is -1.73. The van der Waals surface area contributed by atoms with Crippen molar-refractivity contribution in [3.8, 4) is 0 Å². The number of hydrogen-bond acceptors (Lipinski definition) is 3. The van der Waals surface area contributed by atoms with Crippen LogP contribution >= 0.6 is 12.4 Å². The van der Waals surface area contributed by atoms with E-state index in [4.69, 9.17) is 5.73 Å². The molecular formula is C13H16ClF2N3O2. The Morgan fingerprint density at radius 1 is 1.14 bits per heavy atom. The number of carbonyl (C=O) groups excluding carboxylic acids is 2. The van der Waals surface area contributed by atoms with Crippen molar-refractivity contribution in [2.45, 2.75) is 18.4 Å². The third-order valence-electron chi connectivity index (χ3n) is 3.13. The van der Waals surface area contributed by atoms with E-state index in [1.165, 1.54) is 6.07 Å². The normalized spacial score (nSPS) is 14.8. The van der Waals surface area contributed by atoms with Gasteiger partial charge in [0.25, 0.3) is 5.91 Å². The van der Waals surface area contributed by atoms with Crippen LogP contribution in [0.2, 0.25) is 0 Å². The van der Waals surface area contributed by atoms with Crippen molar-refractivity contribution in [3.63, 3.8) is 0 Å². The molecule has 0 aromatic heterocycles. The zero-order chi connectivity index (χ0) is 14.8. The third kappa shape index (κ3) is 4.12. The molecule has 116 valence electrons. The predicted molar refractivity (Wildman–Crippen MR) is 75.1 cm³/mol. The van der Waals surface area contributed by atoms with Gasteiger partial charge in [-0.2, -0.15) is 0 Å². The van der Waals surface area contributed by atoms with E-state index in [0.29, 0.717) is 12.8 Å². The van der Waals surface area contributed by atoms with Crippen LogP contribution in [0, 0.1) is 11.6 Å². The van der Waals surface area contributed by atoms with Crippen LogP contribution in [0.3, 0.4) is 0 Å². The Balaban J connectivity index is 0.00000220. The molecule has 2 amide bonds. The Labute approximate surface area is 126 Å². The van der Waals surface area contributed by atoms with Gasteiger partial charge in [0.1, 0.15) is 17.2 Å². The quantitative estimate of drug-likeness (QED) is 0.699. The van der Waals surface area contributed by atoms with Gasteiger partial charge >= 0.3 is 0 Å². The van der Waals surface area contributed by atoms with Gasteiger partial charge in [0.05, 0.1) is 5.54 Å². The van der Waals surface area contributed by atoms with Crippen LogP contribution in [0.4, 0.5) is 8.78 Å². The summed E-state index contributed by atoms with van der Waals surface area (Å²) in [7, 11) is 0. The van der Waals surface area contributed by atoms with Crippen molar-refractivity contribution >= 4 is 24.2 Å². The Morgan fingerprint density at radius 2 is 1.67 bits per heavy atom. The highest BCUT2D eigenvalue weighted by molar-refractivity contribution is 5.94. The van der Waals surface area contributed by atoms with Crippen molar-refractivity contribution in [2.75, 3.05) is 13.1 Å². The number of benzene rings is 1. The van der Waals surface area contributed by atoms with Crippen LogP contribution in [0.25, 0.3) is 0 Å². The van der Waals surface area contributed by atoms with Crippen LogP contribution in [0.5, 0.6) is 0 Å². The molecule has 1 aliphatic carbocycles. The van der Waals surface area contributed by atoms with Crippen LogP contribution in [-0.4, -0.2) is 30.4 Å². The van der Waals surface area contributed by atoms with Gasteiger partial charge in [-0.25, -0.2) is 8.78 Å². The lowest BCUT2D eigenvalue weighted by Crippen LogP contribution is -2.45. The molecule has 0 radical (unpaired) electrons. The lowest BCUT2D eigenvalue weighted by atomic mass is 10.2. The molecule has 0 atom stereocenters. The van der Waals surface area contributed by atoms with Crippen LogP contribution in [-0.2, 0) is 4.79 Å². The fraction of sp³-hybridized carbons (Fsp3) is 0.385. The highest BCUT2D eigenvalue weighted by Crippen LogP contribution is 2.31. The minimum atomic E-state index is -0.926. The fourth-order valence-corrected chi connectivity index (χ4v) is 1.69. The maximum Gasteiger partial charge on any atom is 0.257 e. The number of nitrogens with two attached hydrogens (primary N) is 1. The summed E-state index contributed by atoms with van der Waals surface area (Å²) in [5.41, 5.74) is 4.26. The second-order valence-corrected chi connectivity index (χ2v) is 4.76. The molecule has 1 aliphatic rings. The molecule has 1 fully saturated rings. The standard InChI is InChI=1S/C13H15F2N3O2.ClH/c14-8-2-1-3-9(15)10(8)11(19)17-6-7-18-12(20)13(16)4-5-13;/h1-3H,4-7,16H2,(H,17,19)(H,18,20);1H. The molecule has 0 heterocycles. The lowest BCUT2D eigenvalue weighted by Gasteiger charge is -2.11. The summed E-state index contributed by atoms with van der Waals surface area (Å²) in [5.74, 6) is -2.98. The maximum atomic E-state index is 13.3. The first-order valence-electron chi connectivity index (χ1n) is 6.23. The zero-order valence-electron chi connectivity index (χ0n) is 11.1. The van der Waals surface area contributed by atoms with E-state index in [1.54, 1.807) is 0 Å². The van der Waals surface area contributed by atoms with Crippen molar-refractivity contribution < 1.29 is 18.4 Å². The topological polar surface area (TPSA) is 84.2 Å². The molecule has 1 aromatic rings. The second kappa shape index (κ2) is 6.82. The highest BCUT2D eigenvalue weighted by Gasteiger charge is 2.45. The highest BCUT2D eigenvalue weighted by atomic mass is 35.5. The number of hydrogen-bond donors (Lipinski definition) is 3. The first kappa shape index (κ1) is 17.3. The van der Waals surface area contributed by atoms with Crippen LogP contribution in [0.15, 0.2) is 18.2 Å². The number of rotatable bonds is 5. The second-order valence-electron chi connectivity index (χ2n) is 4.76. The van der Waals surface area contributed by atoms with Gasteiger partial charge < -0.3 is 16.4 Å². The first-order valence-corrected chi connectivity index (χ1v) is 6.23.